The third kappa shape index (κ3) is 3.98. The fourth-order valence-corrected chi connectivity index (χ4v) is 5.33. The molecule has 5 nitrogen and oxygen atoms in total. The molecule has 144 valence electrons. The first-order chi connectivity index (χ1) is 13.1. The molecule has 2 aliphatic heterocycles. The first-order valence-corrected chi connectivity index (χ1v) is 10.8. The van der Waals surface area contributed by atoms with Crippen molar-refractivity contribution in [3.8, 4) is 11.3 Å². The number of benzene rings is 1. The van der Waals surface area contributed by atoms with Crippen molar-refractivity contribution < 1.29 is 9.90 Å². The molecule has 2 saturated heterocycles. The highest BCUT2D eigenvalue weighted by atomic mass is 35.5. The molecule has 0 amide bonds. The number of likely N-dealkylation sites (tertiary alicyclic amines) is 1. The number of anilines is 1. The molecule has 27 heavy (non-hydrogen) atoms. The second-order valence-electron chi connectivity index (χ2n) is 7.27. The Kier molecular flexibility index (Phi) is 5.66. The van der Waals surface area contributed by atoms with Crippen molar-refractivity contribution in [2.75, 3.05) is 31.1 Å². The summed E-state index contributed by atoms with van der Waals surface area (Å²) in [7, 11) is 0. The lowest BCUT2D eigenvalue weighted by atomic mass is 10.0. The molecule has 0 aliphatic carbocycles. The Morgan fingerprint density at radius 1 is 1.11 bits per heavy atom. The van der Waals surface area contributed by atoms with E-state index in [-0.39, 0.29) is 4.88 Å². The van der Waals surface area contributed by atoms with Gasteiger partial charge in [0, 0.05) is 24.7 Å². The number of hydrogen-bond acceptors (Lipinski definition) is 5. The van der Waals surface area contributed by atoms with Gasteiger partial charge in [-0.25, -0.2) is 9.78 Å². The summed E-state index contributed by atoms with van der Waals surface area (Å²) in [4.78, 5) is 21.6. The third-order valence-electron chi connectivity index (χ3n) is 5.58. The highest BCUT2D eigenvalue weighted by Gasteiger charge is 2.29. The summed E-state index contributed by atoms with van der Waals surface area (Å²) in [6, 6.07) is 7.95. The summed E-state index contributed by atoms with van der Waals surface area (Å²) in [5, 5.41) is 11.0. The molecule has 2 fully saturated rings. The van der Waals surface area contributed by atoms with Gasteiger partial charge in [0.15, 0.2) is 5.13 Å². The number of piperidine rings is 2. The van der Waals surface area contributed by atoms with Gasteiger partial charge in [-0.3, -0.25) is 0 Å². The zero-order chi connectivity index (χ0) is 18.8. The Labute approximate surface area is 168 Å². The van der Waals surface area contributed by atoms with Gasteiger partial charge in [0.25, 0.3) is 0 Å². The van der Waals surface area contributed by atoms with E-state index in [1.54, 1.807) is 6.07 Å². The molecule has 3 heterocycles. The molecule has 0 radical (unpaired) electrons. The summed E-state index contributed by atoms with van der Waals surface area (Å²) >= 11 is 7.55. The highest BCUT2D eigenvalue weighted by Crippen LogP contribution is 2.37. The Morgan fingerprint density at radius 2 is 1.81 bits per heavy atom. The SMILES string of the molecule is O=C(O)c1sc(N2CCC(N3CCCCC3)CC2)nc1-c1ccccc1Cl. The summed E-state index contributed by atoms with van der Waals surface area (Å²) in [6.07, 6.45) is 6.22. The van der Waals surface area contributed by atoms with E-state index < -0.39 is 5.97 Å². The minimum Gasteiger partial charge on any atom is -0.477 e. The predicted octanol–water partition coefficient (Wildman–Crippen LogP) is 4.62. The van der Waals surface area contributed by atoms with Gasteiger partial charge in [-0.05, 0) is 44.8 Å². The van der Waals surface area contributed by atoms with Crippen LogP contribution in [0.25, 0.3) is 11.3 Å². The average molecular weight is 406 g/mol. The lowest BCUT2D eigenvalue weighted by molar-refractivity contribution is 0.0702. The van der Waals surface area contributed by atoms with Crippen molar-refractivity contribution in [1.82, 2.24) is 9.88 Å². The largest absolute Gasteiger partial charge is 0.477 e. The molecule has 1 aromatic carbocycles. The van der Waals surface area contributed by atoms with E-state index >= 15 is 0 Å². The summed E-state index contributed by atoms with van der Waals surface area (Å²) in [5.74, 6) is -0.947. The molecule has 2 aromatic rings. The van der Waals surface area contributed by atoms with Crippen molar-refractivity contribution in [2.24, 2.45) is 0 Å². The molecule has 0 spiro atoms. The predicted molar refractivity (Wildman–Crippen MR) is 110 cm³/mol. The van der Waals surface area contributed by atoms with Gasteiger partial charge in [-0.2, -0.15) is 0 Å². The number of halogens is 1. The maximum Gasteiger partial charge on any atom is 0.348 e. The number of carboxylic acids is 1. The minimum absolute atomic E-state index is 0.260. The number of rotatable bonds is 4. The zero-order valence-electron chi connectivity index (χ0n) is 15.2. The normalized spacial score (nSPS) is 19.4. The second-order valence-corrected chi connectivity index (χ2v) is 8.66. The number of carbonyl (C=O) groups is 1. The molecule has 1 aromatic heterocycles. The Bertz CT molecular complexity index is 811. The summed E-state index contributed by atoms with van der Waals surface area (Å²) < 4.78 is 0. The van der Waals surface area contributed by atoms with Crippen LogP contribution < -0.4 is 4.90 Å². The Hall–Kier alpha value is -1.63. The number of nitrogens with zero attached hydrogens (tertiary/aromatic N) is 3. The van der Waals surface area contributed by atoms with Crippen molar-refractivity contribution in [2.45, 2.75) is 38.1 Å². The molecular weight excluding hydrogens is 382 g/mol. The standard InChI is InChI=1S/C20H24ClN3O2S/c21-16-7-3-2-6-15(16)17-18(19(25)26)27-20(22-17)24-12-8-14(9-13-24)23-10-4-1-5-11-23/h2-3,6-7,14H,1,4-5,8-13H2,(H,25,26). The monoisotopic (exact) mass is 405 g/mol. The number of aromatic carboxylic acids is 1. The first-order valence-electron chi connectivity index (χ1n) is 9.61. The minimum atomic E-state index is -0.947. The first kappa shape index (κ1) is 18.7. The maximum absolute atomic E-state index is 11.8. The molecule has 0 bridgehead atoms. The summed E-state index contributed by atoms with van der Waals surface area (Å²) in [6.45, 7) is 4.30. The molecule has 0 atom stereocenters. The van der Waals surface area contributed by atoms with Crippen molar-refractivity contribution in [3.05, 3.63) is 34.2 Å². The Balaban J connectivity index is 1.52. The van der Waals surface area contributed by atoms with Crippen molar-refractivity contribution >= 4 is 34.0 Å². The van der Waals surface area contributed by atoms with Gasteiger partial charge >= 0.3 is 5.97 Å². The van der Waals surface area contributed by atoms with Crippen LogP contribution in [0.15, 0.2) is 24.3 Å². The smallest absolute Gasteiger partial charge is 0.348 e. The van der Waals surface area contributed by atoms with Crippen LogP contribution in [0.3, 0.4) is 0 Å². The second kappa shape index (κ2) is 8.17. The lowest BCUT2D eigenvalue weighted by Gasteiger charge is -2.40. The lowest BCUT2D eigenvalue weighted by Crippen LogP contribution is -2.46. The third-order valence-corrected chi connectivity index (χ3v) is 7.01. The molecule has 1 N–H and O–H groups in total. The van der Waals surface area contributed by atoms with E-state index in [0.717, 1.165) is 31.1 Å². The molecule has 0 unspecified atom stereocenters. The number of thiazole rings is 1. The van der Waals surface area contributed by atoms with Crippen LogP contribution in [0.5, 0.6) is 0 Å². The van der Waals surface area contributed by atoms with E-state index in [4.69, 9.17) is 11.6 Å². The van der Waals surface area contributed by atoms with E-state index in [0.29, 0.717) is 22.3 Å². The van der Waals surface area contributed by atoms with Crippen LogP contribution in [-0.2, 0) is 0 Å². The van der Waals surface area contributed by atoms with E-state index in [2.05, 4.69) is 14.8 Å². The molecule has 4 rings (SSSR count). The van der Waals surface area contributed by atoms with Gasteiger partial charge in [0.05, 0.1) is 10.7 Å². The van der Waals surface area contributed by atoms with Gasteiger partial charge in [-0.1, -0.05) is 47.6 Å². The van der Waals surface area contributed by atoms with Crippen LogP contribution in [0.1, 0.15) is 41.8 Å². The maximum atomic E-state index is 11.8. The topological polar surface area (TPSA) is 56.7 Å². The van der Waals surface area contributed by atoms with E-state index in [1.165, 1.54) is 43.7 Å². The quantitative estimate of drug-likeness (QED) is 0.804. The summed E-state index contributed by atoms with van der Waals surface area (Å²) in [5.41, 5.74) is 1.16. The van der Waals surface area contributed by atoms with E-state index in [9.17, 15) is 9.90 Å². The van der Waals surface area contributed by atoms with Crippen LogP contribution in [-0.4, -0.2) is 53.2 Å². The molecule has 2 aliphatic rings. The van der Waals surface area contributed by atoms with Crippen molar-refractivity contribution in [3.63, 3.8) is 0 Å². The van der Waals surface area contributed by atoms with Crippen LogP contribution in [0, 0.1) is 0 Å². The van der Waals surface area contributed by atoms with Gasteiger partial charge in [0.1, 0.15) is 4.88 Å². The fraction of sp³-hybridized carbons (Fsp3) is 0.500. The molecule has 0 saturated carbocycles. The van der Waals surface area contributed by atoms with Crippen LogP contribution in [0.4, 0.5) is 5.13 Å². The van der Waals surface area contributed by atoms with Crippen LogP contribution >= 0.6 is 22.9 Å². The van der Waals surface area contributed by atoms with Gasteiger partial charge < -0.3 is 14.9 Å². The van der Waals surface area contributed by atoms with Crippen molar-refractivity contribution in [1.29, 1.82) is 0 Å². The number of carboxylic acid groups (broad SMARTS) is 1. The van der Waals surface area contributed by atoms with Gasteiger partial charge in [0.2, 0.25) is 0 Å². The fourth-order valence-electron chi connectivity index (χ4n) is 4.13. The van der Waals surface area contributed by atoms with Gasteiger partial charge in [-0.15, -0.1) is 0 Å². The number of hydrogen-bond donors (Lipinski definition) is 1. The zero-order valence-corrected chi connectivity index (χ0v) is 16.8. The molecule has 7 heteroatoms. The highest BCUT2D eigenvalue weighted by molar-refractivity contribution is 7.17. The van der Waals surface area contributed by atoms with Crippen LogP contribution in [0.2, 0.25) is 5.02 Å². The molecular formula is C20H24ClN3O2S. The Morgan fingerprint density at radius 3 is 2.48 bits per heavy atom. The number of aromatic nitrogens is 1. The average Bonchev–Trinajstić information content (AvgIpc) is 3.15. The van der Waals surface area contributed by atoms with E-state index in [1.807, 2.05) is 18.2 Å².